The fourth-order valence-corrected chi connectivity index (χ4v) is 1.63. The average molecular weight is 254 g/mol. The lowest BCUT2D eigenvalue weighted by atomic mass is 10.1. The zero-order chi connectivity index (χ0) is 13.8. The van der Waals surface area contributed by atoms with Crippen molar-refractivity contribution in [3.05, 3.63) is 53.4 Å². The molecule has 1 aromatic heterocycles. The number of hydrogen-bond donors (Lipinski definition) is 0. The lowest BCUT2D eigenvalue weighted by Gasteiger charge is -2.04. The molecule has 1 heterocycles. The quantitative estimate of drug-likeness (QED) is 0.779. The van der Waals surface area contributed by atoms with Crippen molar-refractivity contribution in [2.24, 2.45) is 0 Å². The molecule has 0 unspecified atom stereocenters. The van der Waals surface area contributed by atoms with Gasteiger partial charge in [0.15, 0.2) is 17.2 Å². The van der Waals surface area contributed by atoms with Crippen LogP contribution in [-0.2, 0) is 6.54 Å². The molecule has 2 rings (SSSR count). The number of nitrogens with zero attached hydrogens (tertiary/aromatic N) is 4. The number of hydrogen-bond acceptors (Lipinski definition) is 4. The third-order valence-electron chi connectivity index (χ3n) is 2.54. The summed E-state index contributed by atoms with van der Waals surface area (Å²) in [6.45, 7) is -0.238. The lowest BCUT2D eigenvalue weighted by molar-refractivity contribution is 0.0968. The molecule has 0 saturated carbocycles. The summed E-state index contributed by atoms with van der Waals surface area (Å²) < 4.78 is 14.7. The molecule has 92 valence electrons. The second-order valence-electron chi connectivity index (χ2n) is 3.70. The monoisotopic (exact) mass is 254 g/mol. The molecule has 0 saturated heterocycles. The zero-order valence-corrected chi connectivity index (χ0v) is 9.67. The molecular weight excluding hydrogens is 247 g/mol. The van der Waals surface area contributed by atoms with Crippen LogP contribution in [0.4, 0.5) is 4.39 Å². The van der Waals surface area contributed by atoms with Gasteiger partial charge in [0.25, 0.3) is 0 Å². The SMILES string of the molecule is N#Cc1ncn(CC(=O)c2ccccc2F)c1C#N. The maximum Gasteiger partial charge on any atom is 0.185 e. The van der Waals surface area contributed by atoms with Crippen molar-refractivity contribution in [1.82, 2.24) is 9.55 Å². The number of carbonyl (C=O) groups is 1. The Morgan fingerprint density at radius 1 is 1.32 bits per heavy atom. The van der Waals surface area contributed by atoms with E-state index in [0.717, 1.165) is 0 Å². The summed E-state index contributed by atoms with van der Waals surface area (Å²) in [4.78, 5) is 15.6. The standard InChI is InChI=1S/C13H7FN4O/c14-10-4-2-1-3-9(10)13(19)7-18-8-17-11(5-15)12(18)6-16/h1-4,8H,7H2. The summed E-state index contributed by atoms with van der Waals surface area (Å²) in [5.74, 6) is -1.11. The Bertz CT molecular complexity index is 721. The van der Waals surface area contributed by atoms with E-state index in [-0.39, 0.29) is 23.5 Å². The second-order valence-corrected chi connectivity index (χ2v) is 3.70. The zero-order valence-electron chi connectivity index (χ0n) is 9.67. The number of imidazole rings is 1. The van der Waals surface area contributed by atoms with Crippen LogP contribution in [0, 0.1) is 28.5 Å². The highest BCUT2D eigenvalue weighted by molar-refractivity contribution is 5.96. The number of halogens is 1. The molecule has 0 aliphatic heterocycles. The first-order chi connectivity index (χ1) is 9.17. The minimum Gasteiger partial charge on any atom is -0.313 e. The maximum atomic E-state index is 13.4. The Kier molecular flexibility index (Phi) is 3.35. The third kappa shape index (κ3) is 2.33. The van der Waals surface area contributed by atoms with Gasteiger partial charge in [-0.05, 0) is 12.1 Å². The Morgan fingerprint density at radius 2 is 2.05 bits per heavy atom. The Morgan fingerprint density at radius 3 is 2.68 bits per heavy atom. The van der Waals surface area contributed by atoms with Crippen LogP contribution in [0.25, 0.3) is 0 Å². The summed E-state index contributed by atoms with van der Waals surface area (Å²) in [6, 6.07) is 9.14. The molecule has 5 nitrogen and oxygen atoms in total. The van der Waals surface area contributed by atoms with Crippen LogP contribution in [0.2, 0.25) is 0 Å². The fraction of sp³-hybridized carbons (Fsp3) is 0.0769. The summed E-state index contributed by atoms with van der Waals surface area (Å²) in [6.07, 6.45) is 1.22. The van der Waals surface area contributed by atoms with Gasteiger partial charge < -0.3 is 4.57 Å². The number of rotatable bonds is 3. The predicted octanol–water partition coefficient (Wildman–Crippen LogP) is 1.65. The van der Waals surface area contributed by atoms with Gasteiger partial charge in [-0.3, -0.25) is 4.79 Å². The highest BCUT2D eigenvalue weighted by Gasteiger charge is 2.16. The molecule has 1 aromatic carbocycles. The summed E-state index contributed by atoms with van der Waals surface area (Å²) in [7, 11) is 0. The van der Waals surface area contributed by atoms with Crippen molar-refractivity contribution < 1.29 is 9.18 Å². The van der Waals surface area contributed by atoms with Gasteiger partial charge in [0.1, 0.15) is 18.0 Å². The molecule has 2 aromatic rings. The van der Waals surface area contributed by atoms with Crippen molar-refractivity contribution >= 4 is 5.78 Å². The molecule has 6 heteroatoms. The number of carbonyl (C=O) groups excluding carboxylic acids is 1. The number of benzene rings is 1. The number of nitriles is 2. The van der Waals surface area contributed by atoms with Crippen LogP contribution in [0.1, 0.15) is 21.7 Å². The maximum absolute atomic E-state index is 13.4. The minimum absolute atomic E-state index is 0.00723. The Labute approximate surface area is 108 Å². The molecule has 0 fully saturated rings. The van der Waals surface area contributed by atoms with E-state index in [1.807, 2.05) is 0 Å². The Balaban J connectivity index is 2.31. The molecule has 0 aliphatic rings. The predicted molar refractivity (Wildman–Crippen MR) is 62.4 cm³/mol. The third-order valence-corrected chi connectivity index (χ3v) is 2.54. The van der Waals surface area contributed by atoms with E-state index in [0.29, 0.717) is 0 Å². The van der Waals surface area contributed by atoms with Gasteiger partial charge in [-0.1, -0.05) is 12.1 Å². The van der Waals surface area contributed by atoms with E-state index < -0.39 is 11.6 Å². The molecule has 0 bridgehead atoms. The van der Waals surface area contributed by atoms with E-state index in [1.165, 1.54) is 29.1 Å². The summed E-state index contributed by atoms with van der Waals surface area (Å²) in [5, 5.41) is 17.6. The Hall–Kier alpha value is -2.99. The van der Waals surface area contributed by atoms with Crippen LogP contribution in [-0.4, -0.2) is 15.3 Å². The summed E-state index contributed by atoms with van der Waals surface area (Å²) >= 11 is 0. The normalized spacial score (nSPS) is 9.63. The van der Waals surface area contributed by atoms with E-state index >= 15 is 0 Å². The highest BCUT2D eigenvalue weighted by Crippen LogP contribution is 2.11. The van der Waals surface area contributed by atoms with E-state index in [1.54, 1.807) is 18.2 Å². The van der Waals surface area contributed by atoms with Gasteiger partial charge in [0, 0.05) is 0 Å². The van der Waals surface area contributed by atoms with Crippen LogP contribution in [0.15, 0.2) is 30.6 Å². The number of ketones is 1. The minimum atomic E-state index is -0.619. The van der Waals surface area contributed by atoms with Crippen molar-refractivity contribution in [2.75, 3.05) is 0 Å². The van der Waals surface area contributed by atoms with Crippen molar-refractivity contribution in [3.63, 3.8) is 0 Å². The molecule has 0 amide bonds. The van der Waals surface area contributed by atoms with Crippen LogP contribution >= 0.6 is 0 Å². The van der Waals surface area contributed by atoms with Crippen LogP contribution < -0.4 is 0 Å². The molecule has 0 N–H and O–H groups in total. The summed E-state index contributed by atoms with van der Waals surface area (Å²) in [5.41, 5.74) is -0.116. The van der Waals surface area contributed by atoms with Gasteiger partial charge in [0.05, 0.1) is 18.4 Å². The lowest BCUT2D eigenvalue weighted by Crippen LogP contribution is -2.12. The fourth-order valence-electron chi connectivity index (χ4n) is 1.63. The van der Waals surface area contributed by atoms with Crippen LogP contribution in [0.5, 0.6) is 0 Å². The first kappa shape index (κ1) is 12.5. The topological polar surface area (TPSA) is 82.5 Å². The van der Waals surface area contributed by atoms with Gasteiger partial charge in [-0.25, -0.2) is 9.37 Å². The largest absolute Gasteiger partial charge is 0.313 e. The second kappa shape index (κ2) is 5.11. The highest BCUT2D eigenvalue weighted by atomic mass is 19.1. The van der Waals surface area contributed by atoms with Gasteiger partial charge in [0.2, 0.25) is 0 Å². The first-order valence-electron chi connectivity index (χ1n) is 5.30. The van der Waals surface area contributed by atoms with E-state index in [2.05, 4.69) is 4.98 Å². The van der Waals surface area contributed by atoms with Crippen molar-refractivity contribution in [2.45, 2.75) is 6.54 Å². The van der Waals surface area contributed by atoms with Crippen molar-refractivity contribution in [1.29, 1.82) is 10.5 Å². The number of Topliss-reactive ketones (excluding diaryl/α,β-unsaturated/α-hetero) is 1. The molecule has 0 radical (unpaired) electrons. The molecule has 0 aliphatic carbocycles. The van der Waals surface area contributed by atoms with Gasteiger partial charge in [-0.15, -0.1) is 0 Å². The van der Waals surface area contributed by atoms with Gasteiger partial charge in [-0.2, -0.15) is 10.5 Å². The number of aromatic nitrogens is 2. The molecule has 0 spiro atoms. The molecule has 0 atom stereocenters. The van der Waals surface area contributed by atoms with Crippen molar-refractivity contribution in [3.8, 4) is 12.1 Å². The van der Waals surface area contributed by atoms with E-state index in [4.69, 9.17) is 10.5 Å². The van der Waals surface area contributed by atoms with Crippen LogP contribution in [0.3, 0.4) is 0 Å². The smallest absolute Gasteiger partial charge is 0.185 e. The molecular formula is C13H7FN4O. The molecule has 19 heavy (non-hydrogen) atoms. The average Bonchev–Trinajstić information content (AvgIpc) is 2.81. The van der Waals surface area contributed by atoms with E-state index in [9.17, 15) is 9.18 Å². The van der Waals surface area contributed by atoms with Gasteiger partial charge >= 0.3 is 0 Å². The first-order valence-corrected chi connectivity index (χ1v) is 5.30.